The highest BCUT2D eigenvalue weighted by atomic mass is 35.5. The van der Waals surface area contributed by atoms with Gasteiger partial charge in [0.2, 0.25) is 15.9 Å². The summed E-state index contributed by atoms with van der Waals surface area (Å²) in [5, 5.41) is 4.32. The zero-order chi connectivity index (χ0) is 18.6. The minimum absolute atomic E-state index is 0. The first kappa shape index (κ1) is 22.8. The van der Waals surface area contributed by atoms with Crippen molar-refractivity contribution < 1.29 is 22.7 Å². The molecule has 0 aliphatic carbocycles. The largest absolute Gasteiger partial charge is 0.465 e. The number of rotatable bonds is 6. The number of piperidine rings is 1. The predicted molar refractivity (Wildman–Crippen MR) is 101 cm³/mol. The third-order valence-electron chi connectivity index (χ3n) is 4.09. The van der Waals surface area contributed by atoms with E-state index in [4.69, 9.17) is 5.73 Å². The molecule has 1 aromatic rings. The summed E-state index contributed by atoms with van der Waals surface area (Å²) in [4.78, 5) is 24.1. The van der Waals surface area contributed by atoms with Crippen LogP contribution in [0.3, 0.4) is 0 Å². The SMILES string of the molecule is COC(=O)c1scc(C)c1S(=O)(=O)N1CCCC(C(=O)NCCN)C1.Cl. The number of nitrogens with zero attached hydrogens (tertiary/aromatic N) is 1. The molecule has 1 saturated heterocycles. The molecule has 1 fully saturated rings. The molecule has 0 aromatic carbocycles. The van der Waals surface area contributed by atoms with Crippen LogP contribution in [0.5, 0.6) is 0 Å². The van der Waals surface area contributed by atoms with E-state index in [0.29, 0.717) is 38.0 Å². The molecule has 0 spiro atoms. The molecule has 1 aliphatic rings. The van der Waals surface area contributed by atoms with Gasteiger partial charge in [0.05, 0.1) is 13.0 Å². The molecule has 8 nitrogen and oxygen atoms in total. The molecule has 0 radical (unpaired) electrons. The zero-order valence-corrected chi connectivity index (χ0v) is 17.1. The molecule has 11 heteroatoms. The molecule has 1 aliphatic heterocycles. The third kappa shape index (κ3) is 4.74. The van der Waals surface area contributed by atoms with Gasteiger partial charge in [-0.2, -0.15) is 4.31 Å². The highest BCUT2D eigenvalue weighted by molar-refractivity contribution is 7.89. The number of nitrogens with one attached hydrogen (secondary N) is 1. The highest BCUT2D eigenvalue weighted by Gasteiger charge is 2.37. The number of nitrogens with two attached hydrogens (primary N) is 1. The number of thiophene rings is 1. The number of methoxy groups -OCH3 is 1. The van der Waals surface area contributed by atoms with E-state index in [2.05, 4.69) is 10.1 Å². The van der Waals surface area contributed by atoms with Gasteiger partial charge in [0.1, 0.15) is 9.77 Å². The maximum absolute atomic E-state index is 13.1. The van der Waals surface area contributed by atoms with E-state index < -0.39 is 21.9 Å². The van der Waals surface area contributed by atoms with Crippen molar-refractivity contribution in [1.82, 2.24) is 9.62 Å². The average Bonchev–Trinajstić information content (AvgIpc) is 3.01. The standard InChI is InChI=1S/C15H23N3O5S2.ClH/c1-10-9-24-12(15(20)23-2)13(10)25(21,22)18-7-3-4-11(8-18)14(19)17-6-5-16;/h9,11H,3-8,16H2,1-2H3,(H,17,19);1H. The van der Waals surface area contributed by atoms with Crippen LogP contribution in [0.1, 0.15) is 28.1 Å². The van der Waals surface area contributed by atoms with Crippen LogP contribution >= 0.6 is 23.7 Å². The normalized spacial score (nSPS) is 18.0. The summed E-state index contributed by atoms with van der Waals surface area (Å²) in [6, 6.07) is 0. The van der Waals surface area contributed by atoms with Crippen molar-refractivity contribution >= 4 is 45.6 Å². The number of halogens is 1. The lowest BCUT2D eigenvalue weighted by molar-refractivity contribution is -0.126. The van der Waals surface area contributed by atoms with Gasteiger partial charge in [0, 0.05) is 26.2 Å². The first-order chi connectivity index (χ1) is 11.8. The Morgan fingerprint density at radius 3 is 2.77 bits per heavy atom. The van der Waals surface area contributed by atoms with E-state index in [1.807, 2.05) is 0 Å². The summed E-state index contributed by atoms with van der Waals surface area (Å²) in [6.07, 6.45) is 1.20. The lowest BCUT2D eigenvalue weighted by atomic mass is 9.99. The molecule has 0 saturated carbocycles. The molecule has 0 bridgehead atoms. The minimum Gasteiger partial charge on any atom is -0.465 e. The van der Waals surface area contributed by atoms with Gasteiger partial charge in [0.15, 0.2) is 0 Å². The molecule has 1 atom stereocenters. The van der Waals surface area contributed by atoms with Gasteiger partial charge >= 0.3 is 5.97 Å². The Kier molecular flexibility index (Phi) is 8.48. The number of ether oxygens (including phenoxy) is 1. The molecule has 1 aromatic heterocycles. The van der Waals surface area contributed by atoms with E-state index in [1.165, 1.54) is 11.4 Å². The smallest absolute Gasteiger partial charge is 0.349 e. The number of esters is 1. The van der Waals surface area contributed by atoms with Gasteiger partial charge in [-0.05, 0) is 30.7 Å². The van der Waals surface area contributed by atoms with Crippen LogP contribution in [-0.2, 0) is 19.6 Å². The van der Waals surface area contributed by atoms with Crippen molar-refractivity contribution in [3.8, 4) is 0 Å². The molecule has 2 heterocycles. The van der Waals surface area contributed by atoms with Crippen LogP contribution in [0.4, 0.5) is 0 Å². The van der Waals surface area contributed by atoms with Crippen molar-refractivity contribution in [2.24, 2.45) is 11.7 Å². The van der Waals surface area contributed by atoms with Gasteiger partial charge in [-0.3, -0.25) is 4.79 Å². The van der Waals surface area contributed by atoms with Crippen molar-refractivity contribution in [3.05, 3.63) is 15.8 Å². The Labute approximate surface area is 163 Å². The summed E-state index contributed by atoms with van der Waals surface area (Å²) in [6.45, 7) is 2.74. The first-order valence-corrected chi connectivity index (χ1v) is 10.3. The number of hydrogen-bond donors (Lipinski definition) is 2. The van der Waals surface area contributed by atoms with Crippen LogP contribution in [-0.4, -0.2) is 57.9 Å². The van der Waals surface area contributed by atoms with Crippen LogP contribution in [0, 0.1) is 12.8 Å². The van der Waals surface area contributed by atoms with E-state index in [0.717, 1.165) is 11.3 Å². The monoisotopic (exact) mass is 425 g/mol. The van der Waals surface area contributed by atoms with Gasteiger partial charge in [0.25, 0.3) is 0 Å². The molecular weight excluding hydrogens is 402 g/mol. The van der Waals surface area contributed by atoms with E-state index in [-0.39, 0.29) is 34.6 Å². The van der Waals surface area contributed by atoms with Gasteiger partial charge < -0.3 is 15.8 Å². The number of sulfonamides is 1. The number of aryl methyl sites for hydroxylation is 1. The predicted octanol–water partition coefficient (Wildman–Crippen LogP) is 0.741. The zero-order valence-electron chi connectivity index (χ0n) is 14.7. The van der Waals surface area contributed by atoms with Crippen LogP contribution in [0.15, 0.2) is 10.3 Å². The lowest BCUT2D eigenvalue weighted by Crippen LogP contribution is -2.46. The number of hydrogen-bond acceptors (Lipinski definition) is 7. The first-order valence-electron chi connectivity index (χ1n) is 7.97. The second-order valence-electron chi connectivity index (χ2n) is 5.85. The summed E-state index contributed by atoms with van der Waals surface area (Å²) in [5.74, 6) is -1.29. The molecular formula is C15H24ClN3O5S2. The van der Waals surface area contributed by atoms with Crippen molar-refractivity contribution in [3.63, 3.8) is 0 Å². The number of amides is 1. The van der Waals surface area contributed by atoms with Crippen LogP contribution < -0.4 is 11.1 Å². The van der Waals surface area contributed by atoms with Crippen molar-refractivity contribution in [2.45, 2.75) is 24.7 Å². The van der Waals surface area contributed by atoms with Crippen LogP contribution in [0.2, 0.25) is 0 Å². The number of carbonyl (C=O) groups is 2. The Morgan fingerprint density at radius 1 is 1.46 bits per heavy atom. The van der Waals surface area contributed by atoms with Gasteiger partial charge in [-0.15, -0.1) is 23.7 Å². The fraction of sp³-hybridized carbons (Fsp3) is 0.600. The van der Waals surface area contributed by atoms with Crippen molar-refractivity contribution in [1.29, 1.82) is 0 Å². The van der Waals surface area contributed by atoms with E-state index in [1.54, 1.807) is 12.3 Å². The summed E-state index contributed by atoms with van der Waals surface area (Å²) in [7, 11) is -2.67. The van der Waals surface area contributed by atoms with Gasteiger partial charge in [-0.1, -0.05) is 0 Å². The minimum atomic E-state index is -3.88. The summed E-state index contributed by atoms with van der Waals surface area (Å²) < 4.78 is 32.1. The Morgan fingerprint density at radius 2 is 2.15 bits per heavy atom. The third-order valence-corrected chi connectivity index (χ3v) is 7.35. The highest BCUT2D eigenvalue weighted by Crippen LogP contribution is 2.32. The molecule has 3 N–H and O–H groups in total. The van der Waals surface area contributed by atoms with E-state index in [9.17, 15) is 18.0 Å². The Hall–Kier alpha value is -1.20. The second-order valence-corrected chi connectivity index (χ2v) is 8.60. The van der Waals surface area contributed by atoms with Crippen molar-refractivity contribution in [2.75, 3.05) is 33.3 Å². The maximum Gasteiger partial charge on any atom is 0.349 e. The topological polar surface area (TPSA) is 119 Å². The fourth-order valence-corrected chi connectivity index (χ4v) is 6.01. The second kappa shape index (κ2) is 9.65. The van der Waals surface area contributed by atoms with Gasteiger partial charge in [-0.25, -0.2) is 13.2 Å². The average molecular weight is 426 g/mol. The van der Waals surface area contributed by atoms with E-state index >= 15 is 0 Å². The maximum atomic E-state index is 13.1. The molecule has 26 heavy (non-hydrogen) atoms. The molecule has 2 rings (SSSR count). The van der Waals surface area contributed by atoms with Crippen LogP contribution in [0.25, 0.3) is 0 Å². The molecule has 1 amide bonds. The molecule has 148 valence electrons. The molecule has 1 unspecified atom stereocenters. The Bertz CT molecular complexity index is 750. The Balaban J connectivity index is 0.00000338. The quantitative estimate of drug-likeness (QED) is 0.649. The lowest BCUT2D eigenvalue weighted by Gasteiger charge is -2.31. The summed E-state index contributed by atoms with van der Waals surface area (Å²) >= 11 is 1.04. The fourth-order valence-electron chi connectivity index (χ4n) is 2.83. The summed E-state index contributed by atoms with van der Waals surface area (Å²) in [5.41, 5.74) is 5.88. The number of carbonyl (C=O) groups excluding carboxylic acids is 2.